The topological polar surface area (TPSA) is 61.1 Å². The molecule has 0 spiro atoms. The number of hydrogen-bond acceptors (Lipinski definition) is 2. The highest BCUT2D eigenvalue weighted by Crippen LogP contribution is 2.31. The summed E-state index contributed by atoms with van der Waals surface area (Å²) in [5, 5.41) is 18.0. The Balaban J connectivity index is 2.75. The minimum absolute atomic E-state index is 0.550. The summed E-state index contributed by atoms with van der Waals surface area (Å²) in [5.41, 5.74) is 1.10. The summed E-state index contributed by atoms with van der Waals surface area (Å²) >= 11 is 0. The molecule has 0 amide bonds. The van der Waals surface area contributed by atoms with Crippen LogP contribution in [0.1, 0.15) is 50.2 Å². The second-order valence-corrected chi connectivity index (χ2v) is 5.23. The molecule has 1 aromatic rings. The number of carboxylic acid groups (broad SMARTS) is 1. The highest BCUT2D eigenvalue weighted by Gasteiger charge is 2.34. The third kappa shape index (κ3) is 4.10. The molecule has 0 saturated carbocycles. The maximum absolute atomic E-state index is 11.6. The zero-order valence-electron chi connectivity index (χ0n) is 11.6. The Bertz CT molecular complexity index is 476. The van der Waals surface area contributed by atoms with Crippen molar-refractivity contribution in [1.82, 2.24) is 0 Å². The predicted molar refractivity (Wildman–Crippen MR) is 74.9 cm³/mol. The zero-order chi connectivity index (χ0) is 14.3. The Morgan fingerprint density at radius 2 is 2.11 bits per heavy atom. The highest BCUT2D eigenvalue weighted by molar-refractivity contribution is 5.80. The summed E-state index contributed by atoms with van der Waals surface area (Å²) < 4.78 is 0. The van der Waals surface area contributed by atoms with Crippen molar-refractivity contribution in [3.8, 4) is 6.07 Å². The van der Waals surface area contributed by atoms with E-state index in [1.165, 1.54) is 0 Å². The van der Waals surface area contributed by atoms with E-state index in [9.17, 15) is 9.90 Å². The summed E-state index contributed by atoms with van der Waals surface area (Å²) in [5.74, 6) is -0.779. The van der Waals surface area contributed by atoms with E-state index in [0.29, 0.717) is 12.8 Å². The van der Waals surface area contributed by atoms with Crippen LogP contribution in [0.4, 0.5) is 0 Å². The van der Waals surface area contributed by atoms with Gasteiger partial charge in [-0.15, -0.1) is 0 Å². The summed E-state index contributed by atoms with van der Waals surface area (Å²) in [7, 11) is 0. The van der Waals surface area contributed by atoms with Crippen molar-refractivity contribution >= 4 is 5.97 Å². The number of nitrogens with zero attached hydrogens (tertiary/aromatic N) is 1. The molecule has 1 aromatic carbocycles. The molecule has 1 rings (SSSR count). The number of nitriles is 1. The number of carboxylic acids is 1. The fourth-order valence-electron chi connectivity index (χ4n) is 2.22. The SMILES string of the molecule is Cc1cccc(C(C)(CCCCCC#N)C(=O)O)c1. The van der Waals surface area contributed by atoms with E-state index in [0.717, 1.165) is 30.4 Å². The Kier molecular flexibility index (Phi) is 5.57. The maximum atomic E-state index is 11.6. The Labute approximate surface area is 114 Å². The summed E-state index contributed by atoms with van der Waals surface area (Å²) in [6.45, 7) is 3.76. The molecular formula is C16H21NO2. The highest BCUT2D eigenvalue weighted by atomic mass is 16.4. The van der Waals surface area contributed by atoms with Crippen molar-refractivity contribution in [2.24, 2.45) is 0 Å². The van der Waals surface area contributed by atoms with E-state index < -0.39 is 11.4 Å². The minimum Gasteiger partial charge on any atom is -0.481 e. The first-order chi connectivity index (χ1) is 9.00. The molecule has 1 N–H and O–H groups in total. The predicted octanol–water partition coefficient (Wildman–Crippen LogP) is 3.81. The fourth-order valence-corrected chi connectivity index (χ4v) is 2.22. The van der Waals surface area contributed by atoms with Crippen molar-refractivity contribution in [2.45, 2.75) is 51.4 Å². The van der Waals surface area contributed by atoms with Gasteiger partial charge in [-0.25, -0.2) is 0 Å². The van der Waals surface area contributed by atoms with E-state index in [4.69, 9.17) is 5.26 Å². The van der Waals surface area contributed by atoms with Crippen LogP contribution in [0.2, 0.25) is 0 Å². The van der Waals surface area contributed by atoms with Crippen molar-refractivity contribution in [2.75, 3.05) is 0 Å². The molecule has 1 atom stereocenters. The minimum atomic E-state index is -0.835. The van der Waals surface area contributed by atoms with Gasteiger partial charge in [0.25, 0.3) is 0 Å². The maximum Gasteiger partial charge on any atom is 0.313 e. The molecule has 0 fully saturated rings. The lowest BCUT2D eigenvalue weighted by atomic mass is 9.77. The Morgan fingerprint density at radius 3 is 2.68 bits per heavy atom. The average Bonchev–Trinajstić information content (AvgIpc) is 2.38. The Morgan fingerprint density at radius 1 is 1.37 bits per heavy atom. The van der Waals surface area contributed by atoms with Crippen LogP contribution >= 0.6 is 0 Å². The van der Waals surface area contributed by atoms with Crippen molar-refractivity contribution < 1.29 is 9.90 Å². The summed E-state index contributed by atoms with van der Waals surface area (Å²) in [6, 6.07) is 9.82. The van der Waals surface area contributed by atoms with Crippen LogP contribution in [0, 0.1) is 18.3 Å². The molecule has 3 heteroatoms. The summed E-state index contributed by atoms with van der Waals surface area (Å²) in [4.78, 5) is 11.6. The smallest absolute Gasteiger partial charge is 0.313 e. The standard InChI is InChI=1S/C16H21NO2/c1-13-8-7-9-14(12-13)16(2,15(18)19)10-5-3-4-6-11-17/h7-9,12H,3-6,10H2,1-2H3,(H,18,19). The van der Waals surface area contributed by atoms with Gasteiger partial charge in [-0.3, -0.25) is 4.79 Å². The van der Waals surface area contributed by atoms with Gasteiger partial charge in [0.15, 0.2) is 0 Å². The van der Waals surface area contributed by atoms with Crippen LogP contribution in [0.25, 0.3) is 0 Å². The van der Waals surface area contributed by atoms with Gasteiger partial charge in [0.05, 0.1) is 11.5 Å². The molecule has 0 aliphatic heterocycles. The van der Waals surface area contributed by atoms with Crippen LogP contribution in [-0.2, 0) is 10.2 Å². The van der Waals surface area contributed by atoms with Crippen LogP contribution in [0.5, 0.6) is 0 Å². The molecule has 3 nitrogen and oxygen atoms in total. The lowest BCUT2D eigenvalue weighted by Crippen LogP contribution is -2.32. The fraction of sp³-hybridized carbons (Fsp3) is 0.500. The van der Waals surface area contributed by atoms with Crippen LogP contribution in [-0.4, -0.2) is 11.1 Å². The molecule has 0 aromatic heterocycles. The molecule has 0 aliphatic rings. The first kappa shape index (κ1) is 15.2. The first-order valence-corrected chi connectivity index (χ1v) is 6.68. The normalized spacial score (nSPS) is 13.5. The number of aliphatic carboxylic acids is 1. The Hall–Kier alpha value is -1.82. The molecule has 19 heavy (non-hydrogen) atoms. The van der Waals surface area contributed by atoms with Gasteiger partial charge in [0.2, 0.25) is 0 Å². The van der Waals surface area contributed by atoms with E-state index in [2.05, 4.69) is 6.07 Å². The van der Waals surface area contributed by atoms with Gasteiger partial charge < -0.3 is 5.11 Å². The number of benzene rings is 1. The second-order valence-electron chi connectivity index (χ2n) is 5.23. The number of unbranched alkanes of at least 4 members (excludes halogenated alkanes) is 3. The molecule has 1 unspecified atom stereocenters. The second kappa shape index (κ2) is 6.94. The van der Waals surface area contributed by atoms with Crippen LogP contribution in [0.15, 0.2) is 24.3 Å². The van der Waals surface area contributed by atoms with Crippen molar-refractivity contribution in [3.05, 3.63) is 35.4 Å². The third-order valence-corrected chi connectivity index (χ3v) is 3.59. The quantitative estimate of drug-likeness (QED) is 0.757. The molecule has 102 valence electrons. The first-order valence-electron chi connectivity index (χ1n) is 6.68. The lowest BCUT2D eigenvalue weighted by Gasteiger charge is -2.25. The van der Waals surface area contributed by atoms with Crippen molar-refractivity contribution in [3.63, 3.8) is 0 Å². The average molecular weight is 259 g/mol. The van der Waals surface area contributed by atoms with Gasteiger partial charge in [0.1, 0.15) is 0 Å². The number of hydrogen-bond donors (Lipinski definition) is 1. The van der Waals surface area contributed by atoms with E-state index >= 15 is 0 Å². The molecular weight excluding hydrogens is 238 g/mol. The molecule has 0 heterocycles. The van der Waals surface area contributed by atoms with E-state index in [1.807, 2.05) is 31.2 Å². The molecule has 0 bridgehead atoms. The number of carbonyl (C=O) groups is 1. The molecule has 0 saturated heterocycles. The lowest BCUT2D eigenvalue weighted by molar-refractivity contribution is -0.143. The van der Waals surface area contributed by atoms with Gasteiger partial charge in [0, 0.05) is 6.42 Å². The van der Waals surface area contributed by atoms with Crippen LogP contribution < -0.4 is 0 Å². The van der Waals surface area contributed by atoms with Gasteiger partial charge >= 0.3 is 5.97 Å². The molecule has 0 aliphatic carbocycles. The largest absolute Gasteiger partial charge is 0.481 e. The number of rotatable bonds is 7. The third-order valence-electron chi connectivity index (χ3n) is 3.59. The zero-order valence-corrected chi connectivity index (χ0v) is 11.6. The van der Waals surface area contributed by atoms with Crippen molar-refractivity contribution in [1.29, 1.82) is 5.26 Å². The van der Waals surface area contributed by atoms with Gasteiger partial charge in [-0.2, -0.15) is 5.26 Å². The monoisotopic (exact) mass is 259 g/mol. The van der Waals surface area contributed by atoms with Gasteiger partial charge in [-0.05, 0) is 32.3 Å². The molecule has 0 radical (unpaired) electrons. The van der Waals surface area contributed by atoms with E-state index in [-0.39, 0.29) is 0 Å². The van der Waals surface area contributed by atoms with Crippen LogP contribution in [0.3, 0.4) is 0 Å². The van der Waals surface area contributed by atoms with E-state index in [1.54, 1.807) is 6.92 Å². The van der Waals surface area contributed by atoms with Gasteiger partial charge in [-0.1, -0.05) is 42.7 Å². The summed E-state index contributed by atoms with van der Waals surface area (Å²) in [6.07, 6.45) is 3.74. The number of aryl methyl sites for hydroxylation is 1.